The Balaban J connectivity index is 1.49. The number of aromatic nitrogens is 4. The van der Waals surface area contributed by atoms with Crippen LogP contribution in [-0.2, 0) is 11.3 Å². The number of hydrogen-bond acceptors (Lipinski definition) is 7. The molecule has 0 aliphatic heterocycles. The molecule has 3 aromatic rings. The van der Waals surface area contributed by atoms with E-state index in [0.29, 0.717) is 36.4 Å². The molecule has 2 unspecified atom stereocenters. The number of aliphatic hydroxyl groups excluding tert-OH is 2. The van der Waals surface area contributed by atoms with Gasteiger partial charge in [-0.1, -0.05) is 36.8 Å². The van der Waals surface area contributed by atoms with Crippen LogP contribution in [0.25, 0.3) is 11.2 Å². The Morgan fingerprint density at radius 1 is 1.35 bits per heavy atom. The molecule has 0 radical (unpaired) electrons. The van der Waals surface area contributed by atoms with Crippen molar-refractivity contribution >= 4 is 34.4 Å². The topological polar surface area (TPSA) is 113 Å². The van der Waals surface area contributed by atoms with Gasteiger partial charge in [0, 0.05) is 13.0 Å². The summed E-state index contributed by atoms with van der Waals surface area (Å²) >= 11 is 6.21. The zero-order valence-corrected chi connectivity index (χ0v) is 18.0. The average molecular weight is 442 g/mol. The first-order chi connectivity index (χ1) is 14.9. The fraction of sp³-hybridized carbons (Fsp3) is 0.455. The number of ketones is 1. The van der Waals surface area contributed by atoms with Gasteiger partial charge in [0.15, 0.2) is 17.0 Å². The number of aliphatic hydroxyl groups is 2. The molecule has 2 heterocycles. The molecule has 0 amide bonds. The normalized spacial score (nSPS) is 29.2. The SMILES string of the molecule is CCC(=O)[C@@]12CC1[C@@H](n1cnc3c(NCc4cccc(C)c4)nc(Cl)nc31)[C@@H](O)C2O. The lowest BCUT2D eigenvalue weighted by Crippen LogP contribution is -2.37. The second-order valence-corrected chi connectivity index (χ2v) is 8.90. The van der Waals surface area contributed by atoms with Crippen molar-refractivity contribution in [3.05, 3.63) is 47.0 Å². The lowest BCUT2D eigenvalue weighted by Gasteiger charge is -2.23. The number of nitrogens with zero attached hydrogens (tertiary/aromatic N) is 4. The molecule has 8 nitrogen and oxygen atoms in total. The molecule has 3 N–H and O–H groups in total. The summed E-state index contributed by atoms with van der Waals surface area (Å²) in [5, 5.41) is 24.8. The first kappa shape index (κ1) is 20.4. The first-order valence-electron chi connectivity index (χ1n) is 10.5. The fourth-order valence-corrected chi connectivity index (χ4v) is 5.38. The molecule has 2 fully saturated rings. The quantitative estimate of drug-likeness (QED) is 0.504. The highest BCUT2D eigenvalue weighted by Crippen LogP contribution is 2.68. The number of Topliss-reactive ketones (excluding diaryl/α,β-unsaturated/α-hetero) is 1. The molecule has 5 rings (SSSR count). The maximum absolute atomic E-state index is 12.5. The summed E-state index contributed by atoms with van der Waals surface area (Å²) in [7, 11) is 0. The van der Waals surface area contributed by atoms with Crippen LogP contribution in [0.15, 0.2) is 30.6 Å². The van der Waals surface area contributed by atoms with E-state index in [2.05, 4.69) is 26.3 Å². The summed E-state index contributed by atoms with van der Waals surface area (Å²) in [5.74, 6) is 0.332. The highest BCUT2D eigenvalue weighted by Gasteiger charge is 2.74. The number of fused-ring (bicyclic) bond motifs is 2. The zero-order valence-electron chi connectivity index (χ0n) is 17.3. The van der Waals surface area contributed by atoms with Crippen molar-refractivity contribution in [3.8, 4) is 0 Å². The number of nitrogens with one attached hydrogen (secondary N) is 1. The van der Waals surface area contributed by atoms with Crippen LogP contribution in [0.2, 0.25) is 5.28 Å². The van der Waals surface area contributed by atoms with Crippen LogP contribution in [0, 0.1) is 18.3 Å². The Bertz CT molecular complexity index is 1180. The number of hydrogen-bond donors (Lipinski definition) is 3. The van der Waals surface area contributed by atoms with E-state index >= 15 is 0 Å². The molecule has 1 aromatic carbocycles. The molecule has 5 atom stereocenters. The van der Waals surface area contributed by atoms with Gasteiger partial charge in [-0.2, -0.15) is 9.97 Å². The molecule has 2 saturated carbocycles. The minimum absolute atomic E-state index is 0.0101. The van der Waals surface area contributed by atoms with Crippen LogP contribution in [-0.4, -0.2) is 47.7 Å². The monoisotopic (exact) mass is 441 g/mol. The molecule has 9 heteroatoms. The van der Waals surface area contributed by atoms with Crippen LogP contribution in [0.3, 0.4) is 0 Å². The number of imidazole rings is 1. The predicted octanol–water partition coefficient (Wildman–Crippen LogP) is 2.66. The lowest BCUT2D eigenvalue weighted by atomic mass is 9.92. The molecule has 2 aliphatic carbocycles. The maximum Gasteiger partial charge on any atom is 0.226 e. The van der Waals surface area contributed by atoms with E-state index in [1.807, 2.05) is 25.1 Å². The van der Waals surface area contributed by atoms with E-state index in [1.165, 1.54) is 0 Å². The van der Waals surface area contributed by atoms with Crippen molar-refractivity contribution < 1.29 is 15.0 Å². The number of benzene rings is 1. The molecule has 162 valence electrons. The Kier molecular flexibility index (Phi) is 4.76. The van der Waals surface area contributed by atoms with Crippen molar-refractivity contribution in [2.75, 3.05) is 5.32 Å². The van der Waals surface area contributed by atoms with E-state index in [-0.39, 0.29) is 17.0 Å². The van der Waals surface area contributed by atoms with E-state index in [0.717, 1.165) is 11.1 Å². The van der Waals surface area contributed by atoms with E-state index in [1.54, 1.807) is 17.8 Å². The third kappa shape index (κ3) is 3.04. The van der Waals surface area contributed by atoms with Crippen LogP contribution in [0.1, 0.15) is 36.9 Å². The standard InChI is InChI=1S/C22H24ClN5O3/c1-3-14(29)22-8-13(22)16(17(30)18(22)31)28-10-25-15-19(26-21(23)27-20(15)28)24-9-12-6-4-5-11(2)7-12/h4-7,10,13,16-18,30-31H,3,8-9H2,1-2H3,(H,24,26,27)/t13?,16-,17-,18?,22-/m1/s1. The fourth-order valence-electron chi connectivity index (χ4n) is 5.21. The summed E-state index contributed by atoms with van der Waals surface area (Å²) in [4.78, 5) is 25.6. The third-order valence-corrected chi connectivity index (χ3v) is 6.94. The van der Waals surface area contributed by atoms with Crippen molar-refractivity contribution in [2.24, 2.45) is 11.3 Å². The van der Waals surface area contributed by atoms with Gasteiger partial charge in [-0.3, -0.25) is 4.79 Å². The van der Waals surface area contributed by atoms with Gasteiger partial charge in [0.2, 0.25) is 5.28 Å². The highest BCUT2D eigenvalue weighted by atomic mass is 35.5. The van der Waals surface area contributed by atoms with E-state index < -0.39 is 23.7 Å². The molecule has 0 saturated heterocycles. The predicted molar refractivity (Wildman–Crippen MR) is 116 cm³/mol. The smallest absolute Gasteiger partial charge is 0.226 e. The zero-order chi connectivity index (χ0) is 21.9. The van der Waals surface area contributed by atoms with Crippen molar-refractivity contribution in [2.45, 2.75) is 51.5 Å². The number of rotatable bonds is 6. The molecule has 0 spiro atoms. The van der Waals surface area contributed by atoms with Crippen LogP contribution in [0.5, 0.6) is 0 Å². The van der Waals surface area contributed by atoms with Crippen molar-refractivity contribution in [1.29, 1.82) is 0 Å². The lowest BCUT2D eigenvalue weighted by molar-refractivity contribution is -0.130. The molecule has 2 aliphatic rings. The number of carbonyl (C=O) groups is 1. The Morgan fingerprint density at radius 3 is 2.90 bits per heavy atom. The number of aryl methyl sites for hydroxylation is 1. The average Bonchev–Trinajstić information content (AvgIpc) is 3.29. The Labute approximate surface area is 184 Å². The van der Waals surface area contributed by atoms with E-state index in [4.69, 9.17) is 11.6 Å². The van der Waals surface area contributed by atoms with Crippen LogP contribution >= 0.6 is 11.6 Å². The minimum Gasteiger partial charge on any atom is -0.389 e. The third-order valence-electron chi connectivity index (χ3n) is 6.77. The second-order valence-electron chi connectivity index (χ2n) is 8.56. The molecular weight excluding hydrogens is 418 g/mol. The highest BCUT2D eigenvalue weighted by molar-refractivity contribution is 6.28. The van der Waals surface area contributed by atoms with Gasteiger partial charge < -0.3 is 20.1 Å². The van der Waals surface area contributed by atoms with Gasteiger partial charge in [0.1, 0.15) is 11.9 Å². The maximum atomic E-state index is 12.5. The summed E-state index contributed by atoms with van der Waals surface area (Å²) in [5.41, 5.74) is 2.39. The largest absolute Gasteiger partial charge is 0.389 e. The van der Waals surface area contributed by atoms with Gasteiger partial charge in [0.05, 0.1) is 23.9 Å². The number of anilines is 1. The van der Waals surface area contributed by atoms with Crippen molar-refractivity contribution in [1.82, 2.24) is 19.5 Å². The van der Waals surface area contributed by atoms with Gasteiger partial charge in [-0.25, -0.2) is 4.98 Å². The summed E-state index contributed by atoms with van der Waals surface area (Å²) in [6.45, 7) is 4.36. The van der Waals surface area contributed by atoms with Gasteiger partial charge >= 0.3 is 0 Å². The molecule has 0 bridgehead atoms. The summed E-state index contributed by atoms with van der Waals surface area (Å²) in [6, 6.07) is 7.64. The van der Waals surface area contributed by atoms with Gasteiger partial charge in [-0.05, 0) is 36.4 Å². The van der Waals surface area contributed by atoms with E-state index in [9.17, 15) is 15.0 Å². The second kappa shape index (κ2) is 7.25. The molecule has 2 aromatic heterocycles. The Morgan fingerprint density at radius 2 is 2.16 bits per heavy atom. The number of halogens is 1. The first-order valence-corrected chi connectivity index (χ1v) is 10.8. The van der Waals surface area contributed by atoms with Crippen LogP contribution in [0.4, 0.5) is 5.82 Å². The van der Waals surface area contributed by atoms with Crippen molar-refractivity contribution in [3.63, 3.8) is 0 Å². The van der Waals surface area contributed by atoms with Gasteiger partial charge in [-0.15, -0.1) is 0 Å². The summed E-state index contributed by atoms with van der Waals surface area (Å²) in [6.07, 6.45) is 0.296. The van der Waals surface area contributed by atoms with Gasteiger partial charge in [0.25, 0.3) is 0 Å². The minimum atomic E-state index is -1.09. The number of carbonyl (C=O) groups excluding carboxylic acids is 1. The summed E-state index contributed by atoms with van der Waals surface area (Å²) < 4.78 is 1.73. The molecule has 31 heavy (non-hydrogen) atoms. The Hall–Kier alpha value is -2.55. The molecular formula is C22H24ClN5O3. The van der Waals surface area contributed by atoms with Crippen LogP contribution < -0.4 is 5.32 Å².